The number of likely N-dealkylation sites (tertiary alicyclic amines) is 1. The molecule has 35 heavy (non-hydrogen) atoms. The zero-order chi connectivity index (χ0) is 24.2. The highest BCUT2D eigenvalue weighted by atomic mass is 19.1. The molecule has 0 N–H and O–H groups in total. The van der Waals surface area contributed by atoms with Crippen LogP contribution in [0.2, 0.25) is 0 Å². The van der Waals surface area contributed by atoms with E-state index >= 15 is 0 Å². The van der Waals surface area contributed by atoms with Gasteiger partial charge in [0.2, 0.25) is 0 Å². The fraction of sp³-hybridized carbons (Fsp3) is 0.250. The maximum absolute atomic E-state index is 14.0. The number of halogens is 2. The van der Waals surface area contributed by atoms with E-state index in [0.717, 1.165) is 18.4 Å². The predicted octanol–water partition coefficient (Wildman–Crippen LogP) is 5.55. The molecule has 1 amide bonds. The van der Waals surface area contributed by atoms with Crippen molar-refractivity contribution in [1.82, 2.24) is 14.9 Å². The fourth-order valence-electron chi connectivity index (χ4n) is 4.46. The van der Waals surface area contributed by atoms with Gasteiger partial charge in [0.1, 0.15) is 23.1 Å². The highest BCUT2D eigenvalue weighted by molar-refractivity contribution is 5.92. The molecule has 0 unspecified atom stereocenters. The molecule has 0 saturated carbocycles. The van der Waals surface area contributed by atoms with Crippen LogP contribution in [0.5, 0.6) is 0 Å². The second-order valence-corrected chi connectivity index (χ2v) is 8.84. The molecule has 5 nitrogen and oxygen atoms in total. The molecule has 5 rings (SSSR count). The van der Waals surface area contributed by atoms with Crippen molar-refractivity contribution in [3.63, 3.8) is 0 Å². The third-order valence-corrected chi connectivity index (χ3v) is 6.28. The summed E-state index contributed by atoms with van der Waals surface area (Å²) in [5.41, 5.74) is 2.48. The summed E-state index contributed by atoms with van der Waals surface area (Å²) in [5.74, 6) is 0.610. The molecule has 7 heteroatoms. The standard InChI is InChI=1S/C28H25F2N3O2/c29-22-12-10-19(11-13-22)15-24-17-31-27(35-24)21-6-4-14-33(18-21)28(34)26-9-3-7-23(32-26)16-20-5-1-2-8-25(20)30/h1-3,5,7-13,17,21H,4,6,14-16,18H2/t21-/m0/s1. The Bertz CT molecular complexity index is 1320. The molecule has 1 saturated heterocycles. The van der Waals surface area contributed by atoms with E-state index in [1.165, 1.54) is 18.2 Å². The number of rotatable bonds is 6. The molecule has 1 fully saturated rings. The van der Waals surface area contributed by atoms with Crippen molar-refractivity contribution in [1.29, 1.82) is 0 Å². The summed E-state index contributed by atoms with van der Waals surface area (Å²) in [5, 5.41) is 0. The van der Waals surface area contributed by atoms with Crippen molar-refractivity contribution in [2.75, 3.05) is 13.1 Å². The van der Waals surface area contributed by atoms with Gasteiger partial charge in [0.25, 0.3) is 5.91 Å². The van der Waals surface area contributed by atoms with E-state index in [1.807, 2.05) is 0 Å². The molecule has 2 aromatic heterocycles. The summed E-state index contributed by atoms with van der Waals surface area (Å²) in [4.78, 5) is 24.0. The number of benzene rings is 2. The molecular weight excluding hydrogens is 448 g/mol. The first-order valence-corrected chi connectivity index (χ1v) is 11.7. The largest absolute Gasteiger partial charge is 0.445 e. The fourth-order valence-corrected chi connectivity index (χ4v) is 4.46. The lowest BCUT2D eigenvalue weighted by Crippen LogP contribution is -2.39. The van der Waals surface area contributed by atoms with Gasteiger partial charge >= 0.3 is 0 Å². The van der Waals surface area contributed by atoms with Crippen molar-refractivity contribution in [3.05, 3.63) is 119 Å². The van der Waals surface area contributed by atoms with E-state index in [2.05, 4.69) is 9.97 Å². The smallest absolute Gasteiger partial charge is 0.272 e. The summed E-state index contributed by atoms with van der Waals surface area (Å²) >= 11 is 0. The van der Waals surface area contributed by atoms with Crippen molar-refractivity contribution in [2.24, 2.45) is 0 Å². The Morgan fingerprint density at radius 2 is 1.83 bits per heavy atom. The molecule has 0 bridgehead atoms. The van der Waals surface area contributed by atoms with Crippen molar-refractivity contribution < 1.29 is 18.0 Å². The number of carbonyl (C=O) groups excluding carboxylic acids is 1. The van der Waals surface area contributed by atoms with Crippen LogP contribution >= 0.6 is 0 Å². The van der Waals surface area contributed by atoms with Crippen LogP contribution in [0.3, 0.4) is 0 Å². The van der Waals surface area contributed by atoms with Gasteiger partial charge in [-0.15, -0.1) is 0 Å². The Balaban J connectivity index is 1.25. The molecule has 178 valence electrons. The quantitative estimate of drug-likeness (QED) is 0.369. The first kappa shape index (κ1) is 22.9. The summed E-state index contributed by atoms with van der Waals surface area (Å²) in [6.07, 6.45) is 4.26. The molecule has 1 aliphatic rings. The number of pyridine rings is 1. The van der Waals surface area contributed by atoms with Gasteiger partial charge < -0.3 is 9.32 Å². The summed E-state index contributed by atoms with van der Waals surface area (Å²) in [6, 6.07) is 18.2. The van der Waals surface area contributed by atoms with Crippen LogP contribution in [-0.2, 0) is 12.8 Å². The molecule has 1 atom stereocenters. The molecular formula is C28H25F2N3O2. The molecule has 1 aliphatic heterocycles. The number of aromatic nitrogens is 2. The molecule has 4 aromatic rings. The summed E-state index contributed by atoms with van der Waals surface area (Å²) < 4.78 is 33.2. The molecule has 0 aliphatic carbocycles. The first-order chi connectivity index (χ1) is 17.0. The van der Waals surface area contributed by atoms with E-state index in [4.69, 9.17) is 4.42 Å². The SMILES string of the molecule is O=C(c1cccc(Cc2ccccc2F)n1)N1CCC[C@H](c2ncc(Cc3ccc(F)cc3)o2)C1. The normalized spacial score (nSPS) is 15.8. The Morgan fingerprint density at radius 3 is 2.66 bits per heavy atom. The van der Waals surface area contributed by atoms with E-state index in [9.17, 15) is 13.6 Å². The minimum atomic E-state index is -0.283. The summed E-state index contributed by atoms with van der Waals surface area (Å²) in [6.45, 7) is 1.13. The topological polar surface area (TPSA) is 59.2 Å². The number of amides is 1. The minimum Gasteiger partial charge on any atom is -0.445 e. The molecule has 2 aromatic carbocycles. The van der Waals surface area contributed by atoms with Gasteiger partial charge in [0.05, 0.1) is 12.1 Å². The van der Waals surface area contributed by atoms with Crippen molar-refractivity contribution in [3.8, 4) is 0 Å². The van der Waals surface area contributed by atoms with Gasteiger partial charge in [-0.1, -0.05) is 36.4 Å². The lowest BCUT2D eigenvalue weighted by atomic mass is 9.97. The van der Waals surface area contributed by atoms with E-state index in [-0.39, 0.29) is 23.5 Å². The summed E-state index contributed by atoms with van der Waals surface area (Å²) in [7, 11) is 0. The van der Waals surface area contributed by atoms with E-state index < -0.39 is 0 Å². The van der Waals surface area contributed by atoms with Gasteiger partial charge in [-0.3, -0.25) is 4.79 Å². The Hall–Kier alpha value is -3.87. The lowest BCUT2D eigenvalue weighted by molar-refractivity contribution is 0.0691. The van der Waals surface area contributed by atoms with Crippen molar-refractivity contribution in [2.45, 2.75) is 31.6 Å². The second kappa shape index (κ2) is 10.2. The average Bonchev–Trinajstić information content (AvgIpc) is 3.35. The molecule has 3 heterocycles. The predicted molar refractivity (Wildman–Crippen MR) is 127 cm³/mol. The number of hydrogen-bond donors (Lipinski definition) is 0. The Labute approximate surface area is 202 Å². The number of carbonyl (C=O) groups is 1. The van der Waals surface area contributed by atoms with Gasteiger partial charge in [0, 0.05) is 31.6 Å². The van der Waals surface area contributed by atoms with Crippen LogP contribution in [0.1, 0.15) is 57.7 Å². The average molecular weight is 474 g/mol. The Kier molecular flexibility index (Phi) is 6.66. The van der Waals surface area contributed by atoms with Gasteiger partial charge in [0.15, 0.2) is 5.89 Å². The maximum Gasteiger partial charge on any atom is 0.272 e. The number of hydrogen-bond acceptors (Lipinski definition) is 4. The highest BCUT2D eigenvalue weighted by Crippen LogP contribution is 2.28. The first-order valence-electron chi connectivity index (χ1n) is 11.7. The monoisotopic (exact) mass is 473 g/mol. The van der Waals surface area contributed by atoms with Crippen LogP contribution in [0.15, 0.2) is 77.3 Å². The van der Waals surface area contributed by atoms with Gasteiger partial charge in [-0.2, -0.15) is 0 Å². The van der Waals surface area contributed by atoms with Crippen LogP contribution in [0.25, 0.3) is 0 Å². The Morgan fingerprint density at radius 1 is 1.00 bits per heavy atom. The third kappa shape index (κ3) is 5.45. The minimum absolute atomic E-state index is 0.00346. The third-order valence-electron chi connectivity index (χ3n) is 6.28. The zero-order valence-electron chi connectivity index (χ0n) is 19.2. The van der Waals surface area contributed by atoms with Gasteiger partial charge in [-0.05, 0) is 54.3 Å². The van der Waals surface area contributed by atoms with E-state index in [1.54, 1.807) is 59.6 Å². The number of nitrogens with zero attached hydrogens (tertiary/aromatic N) is 3. The van der Waals surface area contributed by atoms with Crippen LogP contribution in [0, 0.1) is 11.6 Å². The number of oxazole rings is 1. The van der Waals surface area contributed by atoms with Crippen LogP contribution < -0.4 is 0 Å². The van der Waals surface area contributed by atoms with E-state index in [0.29, 0.717) is 54.5 Å². The van der Waals surface area contributed by atoms with Crippen molar-refractivity contribution >= 4 is 5.91 Å². The molecule has 0 radical (unpaired) electrons. The number of piperidine rings is 1. The second-order valence-electron chi connectivity index (χ2n) is 8.84. The maximum atomic E-state index is 14.0. The molecule has 0 spiro atoms. The van der Waals surface area contributed by atoms with Crippen LogP contribution in [-0.4, -0.2) is 33.9 Å². The lowest BCUT2D eigenvalue weighted by Gasteiger charge is -2.31. The van der Waals surface area contributed by atoms with Crippen LogP contribution in [0.4, 0.5) is 8.78 Å². The highest BCUT2D eigenvalue weighted by Gasteiger charge is 2.29. The van der Waals surface area contributed by atoms with Gasteiger partial charge in [-0.25, -0.2) is 18.7 Å². The zero-order valence-corrected chi connectivity index (χ0v) is 19.2.